The molecule has 0 bridgehead atoms. The van der Waals surface area contributed by atoms with Crippen LogP contribution in [0.1, 0.15) is 10.4 Å². The number of hydrogen-bond donors (Lipinski definition) is 2. The second kappa shape index (κ2) is 7.75. The summed E-state index contributed by atoms with van der Waals surface area (Å²) in [6, 6.07) is 6.03. The lowest BCUT2D eigenvalue weighted by atomic mass is 10.0. The van der Waals surface area contributed by atoms with Gasteiger partial charge in [0.1, 0.15) is 0 Å². The van der Waals surface area contributed by atoms with E-state index < -0.39 is 10.0 Å². The summed E-state index contributed by atoms with van der Waals surface area (Å²) in [5.74, 6) is 0.675. The van der Waals surface area contributed by atoms with Gasteiger partial charge in [0.2, 0.25) is 15.9 Å². The molecule has 3 aliphatic heterocycles. The summed E-state index contributed by atoms with van der Waals surface area (Å²) in [5.41, 5.74) is 0.494. The highest BCUT2D eigenvalue weighted by molar-refractivity contribution is 7.89. The second-order valence-corrected chi connectivity index (χ2v) is 9.04. The Labute approximate surface area is 164 Å². The average Bonchev–Trinajstić information content (AvgIpc) is 3.23. The normalized spacial score (nSPS) is 25.6. The Bertz CT molecular complexity index is 818. The second-order valence-electron chi connectivity index (χ2n) is 7.10. The zero-order chi connectivity index (χ0) is 18.3. The number of piperazine rings is 1. The van der Waals surface area contributed by atoms with Gasteiger partial charge in [0.05, 0.1) is 11.4 Å². The third-order valence-corrected chi connectivity index (χ3v) is 7.28. The summed E-state index contributed by atoms with van der Waals surface area (Å²) in [5, 5.41) is 5.95. The molecule has 0 radical (unpaired) electrons. The molecule has 3 fully saturated rings. The molecule has 8 nitrogen and oxygen atoms in total. The molecule has 1 aromatic carbocycles. The lowest BCUT2D eigenvalue weighted by Crippen LogP contribution is -2.49. The van der Waals surface area contributed by atoms with Crippen LogP contribution in [0.15, 0.2) is 29.2 Å². The lowest BCUT2D eigenvalue weighted by Gasteiger charge is -2.26. The Morgan fingerprint density at radius 3 is 2.30 bits per heavy atom. The number of likely N-dealkylation sites (tertiary alicyclic amines) is 1. The van der Waals surface area contributed by atoms with Crippen molar-refractivity contribution in [2.75, 3.05) is 45.8 Å². The van der Waals surface area contributed by atoms with Crippen molar-refractivity contribution in [2.45, 2.75) is 4.90 Å². The molecule has 2 amide bonds. The van der Waals surface area contributed by atoms with E-state index in [1.807, 2.05) is 4.90 Å². The maximum Gasteiger partial charge on any atom is 0.253 e. The average molecular weight is 415 g/mol. The summed E-state index contributed by atoms with van der Waals surface area (Å²) in [6.45, 7) is 3.79. The maximum atomic E-state index is 12.7. The van der Waals surface area contributed by atoms with Crippen LogP contribution >= 0.6 is 12.4 Å². The maximum absolute atomic E-state index is 12.7. The van der Waals surface area contributed by atoms with E-state index >= 15 is 0 Å². The zero-order valence-corrected chi connectivity index (χ0v) is 16.4. The SMILES string of the molecule is Cl.O=C1CN(S(=O)(=O)c2ccc(C(=O)N3C[C@H]4CNC[C@H]4C3)cc2)CCN1. The van der Waals surface area contributed by atoms with Crippen molar-refractivity contribution >= 4 is 34.2 Å². The monoisotopic (exact) mass is 414 g/mol. The largest absolute Gasteiger partial charge is 0.354 e. The van der Waals surface area contributed by atoms with Crippen LogP contribution in [0.4, 0.5) is 0 Å². The van der Waals surface area contributed by atoms with E-state index in [9.17, 15) is 18.0 Å². The van der Waals surface area contributed by atoms with Crippen LogP contribution in [-0.4, -0.2) is 75.3 Å². The minimum Gasteiger partial charge on any atom is -0.354 e. The van der Waals surface area contributed by atoms with E-state index in [2.05, 4.69) is 10.6 Å². The first-order valence-electron chi connectivity index (χ1n) is 8.82. The van der Waals surface area contributed by atoms with Crippen LogP contribution in [0, 0.1) is 11.8 Å². The van der Waals surface area contributed by atoms with Gasteiger partial charge in [0, 0.05) is 44.8 Å². The fourth-order valence-electron chi connectivity index (χ4n) is 3.94. The predicted molar refractivity (Wildman–Crippen MR) is 101 cm³/mol. The number of nitrogens with zero attached hydrogens (tertiary/aromatic N) is 2. The molecule has 0 spiro atoms. The van der Waals surface area contributed by atoms with E-state index in [1.165, 1.54) is 12.1 Å². The first-order chi connectivity index (χ1) is 12.4. The predicted octanol–water partition coefficient (Wildman–Crippen LogP) is -0.480. The van der Waals surface area contributed by atoms with Crippen molar-refractivity contribution in [3.05, 3.63) is 29.8 Å². The fourth-order valence-corrected chi connectivity index (χ4v) is 5.34. The molecule has 4 rings (SSSR count). The van der Waals surface area contributed by atoms with Gasteiger partial charge < -0.3 is 15.5 Å². The van der Waals surface area contributed by atoms with Gasteiger partial charge in [-0.1, -0.05) is 0 Å². The molecule has 0 aromatic heterocycles. The number of fused-ring (bicyclic) bond motifs is 1. The summed E-state index contributed by atoms with van der Waals surface area (Å²) < 4.78 is 26.5. The summed E-state index contributed by atoms with van der Waals surface area (Å²) >= 11 is 0. The molecule has 0 unspecified atom stereocenters. The molecule has 10 heteroatoms. The van der Waals surface area contributed by atoms with E-state index in [0.717, 1.165) is 30.5 Å². The van der Waals surface area contributed by atoms with Crippen molar-refractivity contribution < 1.29 is 18.0 Å². The number of sulfonamides is 1. The van der Waals surface area contributed by atoms with Crippen LogP contribution in [0.3, 0.4) is 0 Å². The third-order valence-electron chi connectivity index (χ3n) is 5.42. The van der Waals surface area contributed by atoms with Crippen molar-refractivity contribution in [3.63, 3.8) is 0 Å². The quantitative estimate of drug-likeness (QED) is 0.696. The van der Waals surface area contributed by atoms with Crippen LogP contribution in [0.2, 0.25) is 0 Å². The van der Waals surface area contributed by atoms with Crippen LogP contribution < -0.4 is 10.6 Å². The number of carbonyl (C=O) groups excluding carboxylic acids is 2. The first-order valence-corrected chi connectivity index (χ1v) is 10.3. The molecule has 148 valence electrons. The molecule has 2 N–H and O–H groups in total. The van der Waals surface area contributed by atoms with Gasteiger partial charge in [0.15, 0.2) is 0 Å². The van der Waals surface area contributed by atoms with Crippen LogP contribution in [0.5, 0.6) is 0 Å². The molecular formula is C17H23ClN4O4S. The Morgan fingerprint density at radius 2 is 1.70 bits per heavy atom. The number of carbonyl (C=O) groups is 2. The van der Waals surface area contributed by atoms with Gasteiger partial charge >= 0.3 is 0 Å². The van der Waals surface area contributed by atoms with Crippen LogP contribution in [0.25, 0.3) is 0 Å². The lowest BCUT2D eigenvalue weighted by molar-refractivity contribution is -0.122. The van der Waals surface area contributed by atoms with Crippen LogP contribution in [-0.2, 0) is 14.8 Å². The minimum absolute atomic E-state index is 0. The van der Waals surface area contributed by atoms with Gasteiger partial charge in [-0.3, -0.25) is 9.59 Å². The highest BCUT2D eigenvalue weighted by Crippen LogP contribution is 2.27. The van der Waals surface area contributed by atoms with E-state index in [0.29, 0.717) is 23.9 Å². The smallest absolute Gasteiger partial charge is 0.253 e. The van der Waals surface area contributed by atoms with Crippen molar-refractivity contribution in [3.8, 4) is 0 Å². The fraction of sp³-hybridized carbons (Fsp3) is 0.529. The molecule has 3 saturated heterocycles. The molecule has 0 saturated carbocycles. The molecule has 2 atom stereocenters. The number of halogens is 1. The molecule has 1 aromatic rings. The molecular weight excluding hydrogens is 392 g/mol. The third kappa shape index (κ3) is 3.82. The number of benzene rings is 1. The Hall–Kier alpha value is -1.68. The number of nitrogens with one attached hydrogen (secondary N) is 2. The summed E-state index contributed by atoms with van der Waals surface area (Å²) in [6.07, 6.45) is 0. The van der Waals surface area contributed by atoms with E-state index in [4.69, 9.17) is 0 Å². The minimum atomic E-state index is -3.73. The van der Waals surface area contributed by atoms with E-state index in [1.54, 1.807) is 12.1 Å². The number of rotatable bonds is 3. The van der Waals surface area contributed by atoms with Gasteiger partial charge in [-0.05, 0) is 36.1 Å². The molecule has 3 heterocycles. The highest BCUT2D eigenvalue weighted by Gasteiger charge is 2.38. The number of amides is 2. The first kappa shape index (κ1) is 20.1. The molecule has 27 heavy (non-hydrogen) atoms. The zero-order valence-electron chi connectivity index (χ0n) is 14.8. The van der Waals surface area contributed by atoms with Crippen molar-refractivity contribution in [1.29, 1.82) is 0 Å². The Kier molecular flexibility index (Phi) is 5.76. The van der Waals surface area contributed by atoms with Gasteiger partial charge in [0.25, 0.3) is 5.91 Å². The Morgan fingerprint density at radius 1 is 1.07 bits per heavy atom. The standard InChI is InChI=1S/C17H22N4O4S.ClH/c22-16-11-21(6-5-19-16)26(24,25)15-3-1-12(2-4-15)17(23)20-9-13-7-18-8-14(13)10-20;/h1-4,13-14,18H,5-11H2,(H,19,22);1H/t13-,14+;. The van der Waals surface area contributed by atoms with Gasteiger partial charge in [-0.2, -0.15) is 4.31 Å². The summed E-state index contributed by atoms with van der Waals surface area (Å²) in [7, 11) is -3.73. The van der Waals surface area contributed by atoms with Crippen molar-refractivity contribution in [2.24, 2.45) is 11.8 Å². The molecule has 3 aliphatic rings. The molecule has 0 aliphatic carbocycles. The van der Waals surface area contributed by atoms with Gasteiger partial charge in [-0.15, -0.1) is 12.4 Å². The Balaban J connectivity index is 0.00000210. The van der Waals surface area contributed by atoms with Gasteiger partial charge in [-0.25, -0.2) is 8.42 Å². The highest BCUT2D eigenvalue weighted by atomic mass is 35.5. The number of hydrogen-bond acceptors (Lipinski definition) is 5. The van der Waals surface area contributed by atoms with Crippen molar-refractivity contribution in [1.82, 2.24) is 19.8 Å². The van der Waals surface area contributed by atoms with E-state index in [-0.39, 0.29) is 42.2 Å². The topological polar surface area (TPSA) is 98.8 Å². The summed E-state index contributed by atoms with van der Waals surface area (Å²) in [4.78, 5) is 26.1.